The first kappa shape index (κ1) is 19.3. The Labute approximate surface area is 174 Å². The fraction of sp³-hybridized carbons (Fsp3) is 0.208. The number of fused-ring (bicyclic) bond motifs is 1. The second-order valence-electron chi connectivity index (χ2n) is 7.14. The van der Waals surface area contributed by atoms with Crippen molar-refractivity contribution in [2.45, 2.75) is 33.2 Å². The highest BCUT2D eigenvalue weighted by atomic mass is 32.1. The van der Waals surface area contributed by atoms with Gasteiger partial charge < -0.3 is 0 Å². The minimum absolute atomic E-state index is 0.0629. The normalized spacial score (nSPS) is 11.0. The van der Waals surface area contributed by atoms with Gasteiger partial charge in [-0.15, -0.1) is 0 Å². The topological polar surface area (TPSA) is 46.1 Å². The average Bonchev–Trinajstić information content (AvgIpc) is 3.19. The number of anilines is 1. The minimum Gasteiger partial charge on any atom is -0.282 e. The summed E-state index contributed by atoms with van der Waals surface area (Å²) in [4.78, 5) is 24.3. The van der Waals surface area contributed by atoms with Gasteiger partial charge in [-0.05, 0) is 55.2 Å². The van der Waals surface area contributed by atoms with E-state index in [9.17, 15) is 4.79 Å². The lowest BCUT2D eigenvalue weighted by molar-refractivity contribution is -0.118. The molecule has 0 fully saturated rings. The van der Waals surface area contributed by atoms with Crippen molar-refractivity contribution in [1.29, 1.82) is 0 Å². The van der Waals surface area contributed by atoms with Crippen LogP contribution in [0.2, 0.25) is 0 Å². The lowest BCUT2D eigenvalue weighted by Gasteiger charge is -2.19. The van der Waals surface area contributed by atoms with Gasteiger partial charge in [0.1, 0.15) is 0 Å². The van der Waals surface area contributed by atoms with Gasteiger partial charge in [0, 0.05) is 12.6 Å². The molecule has 4 aromatic rings. The lowest BCUT2D eigenvalue weighted by Crippen LogP contribution is -2.30. The molecule has 0 N–H and O–H groups in total. The minimum atomic E-state index is 0.0629. The molecular weight excluding hydrogens is 378 g/mol. The Balaban J connectivity index is 1.64. The van der Waals surface area contributed by atoms with Gasteiger partial charge in [0.25, 0.3) is 0 Å². The van der Waals surface area contributed by atoms with Crippen LogP contribution in [0.4, 0.5) is 5.13 Å². The van der Waals surface area contributed by atoms with Crippen LogP contribution in [0.3, 0.4) is 0 Å². The maximum atomic E-state index is 13.2. The van der Waals surface area contributed by atoms with Gasteiger partial charge >= 0.3 is 0 Å². The highest BCUT2D eigenvalue weighted by Crippen LogP contribution is 2.33. The number of carbonyl (C=O) groups is 1. The van der Waals surface area contributed by atoms with Crippen molar-refractivity contribution in [1.82, 2.24) is 9.97 Å². The highest BCUT2D eigenvalue weighted by Gasteiger charge is 2.21. The number of rotatable bonds is 6. The Morgan fingerprint density at radius 1 is 1.00 bits per heavy atom. The number of hydrogen-bond acceptors (Lipinski definition) is 4. The Kier molecular flexibility index (Phi) is 5.67. The van der Waals surface area contributed by atoms with Crippen LogP contribution < -0.4 is 4.90 Å². The molecule has 2 aromatic heterocycles. The van der Waals surface area contributed by atoms with Crippen molar-refractivity contribution in [2.24, 2.45) is 0 Å². The molecule has 0 saturated carbocycles. The Morgan fingerprint density at radius 3 is 2.55 bits per heavy atom. The van der Waals surface area contributed by atoms with Crippen molar-refractivity contribution in [3.8, 4) is 0 Å². The molecule has 4 nitrogen and oxygen atoms in total. The van der Waals surface area contributed by atoms with E-state index in [0.717, 1.165) is 26.6 Å². The molecule has 0 unspecified atom stereocenters. The van der Waals surface area contributed by atoms with Crippen molar-refractivity contribution in [3.63, 3.8) is 0 Å². The van der Waals surface area contributed by atoms with Crippen LogP contribution in [-0.4, -0.2) is 15.9 Å². The molecule has 1 amide bonds. The first-order valence-corrected chi connectivity index (χ1v) is 10.5. The summed E-state index contributed by atoms with van der Waals surface area (Å²) in [6.45, 7) is 4.60. The summed E-state index contributed by atoms with van der Waals surface area (Å²) in [6.07, 6.45) is 2.90. The van der Waals surface area contributed by atoms with Crippen LogP contribution in [0.15, 0.2) is 66.9 Å². The van der Waals surface area contributed by atoms with E-state index < -0.39 is 0 Å². The fourth-order valence-electron chi connectivity index (χ4n) is 3.28. The smallest absolute Gasteiger partial charge is 0.229 e. The zero-order valence-corrected chi connectivity index (χ0v) is 17.4. The van der Waals surface area contributed by atoms with Crippen molar-refractivity contribution in [2.75, 3.05) is 4.90 Å². The van der Waals surface area contributed by atoms with E-state index >= 15 is 0 Å². The highest BCUT2D eigenvalue weighted by molar-refractivity contribution is 7.22. The molecule has 0 bridgehead atoms. The number of aromatic nitrogens is 2. The largest absolute Gasteiger partial charge is 0.282 e. The van der Waals surface area contributed by atoms with Gasteiger partial charge in [0.2, 0.25) is 5.91 Å². The van der Waals surface area contributed by atoms with E-state index in [2.05, 4.69) is 43.1 Å². The number of thiazole rings is 1. The summed E-state index contributed by atoms with van der Waals surface area (Å²) >= 11 is 1.56. The van der Waals surface area contributed by atoms with Gasteiger partial charge in [0.15, 0.2) is 5.13 Å². The van der Waals surface area contributed by atoms with Crippen molar-refractivity contribution < 1.29 is 4.79 Å². The second kappa shape index (κ2) is 8.53. The number of pyridine rings is 1. The third-order valence-corrected chi connectivity index (χ3v) is 6.17. The molecule has 146 valence electrons. The van der Waals surface area contributed by atoms with Crippen molar-refractivity contribution >= 4 is 32.6 Å². The Morgan fingerprint density at radius 2 is 1.79 bits per heavy atom. The molecule has 2 heterocycles. The number of nitrogens with zero attached hydrogens (tertiary/aromatic N) is 3. The van der Waals surface area contributed by atoms with Crippen LogP contribution in [-0.2, 0) is 17.8 Å². The quantitative estimate of drug-likeness (QED) is 0.430. The van der Waals surface area contributed by atoms with E-state index in [-0.39, 0.29) is 5.91 Å². The van der Waals surface area contributed by atoms with Gasteiger partial charge in [-0.3, -0.25) is 14.7 Å². The summed E-state index contributed by atoms with van der Waals surface area (Å²) in [5.41, 5.74) is 5.37. The van der Waals surface area contributed by atoms with E-state index in [0.29, 0.717) is 19.4 Å². The molecule has 0 aliphatic rings. The third kappa shape index (κ3) is 4.35. The van der Waals surface area contributed by atoms with Gasteiger partial charge in [0.05, 0.1) is 22.5 Å². The van der Waals surface area contributed by atoms with Crippen LogP contribution in [0.1, 0.15) is 28.8 Å². The number of amides is 1. The van der Waals surface area contributed by atoms with Gasteiger partial charge in [-0.2, -0.15) is 0 Å². The maximum absolute atomic E-state index is 13.2. The summed E-state index contributed by atoms with van der Waals surface area (Å²) in [7, 11) is 0. The lowest BCUT2D eigenvalue weighted by atomic mass is 10.1. The van der Waals surface area contributed by atoms with Gasteiger partial charge in [-0.25, -0.2) is 4.98 Å². The molecular formula is C24H23N3OS. The van der Waals surface area contributed by atoms with Crippen molar-refractivity contribution in [3.05, 3.63) is 89.2 Å². The number of aryl methyl sites for hydroxylation is 3. The maximum Gasteiger partial charge on any atom is 0.229 e. The van der Waals surface area contributed by atoms with Crippen LogP contribution in [0, 0.1) is 13.8 Å². The van der Waals surface area contributed by atoms with Gasteiger partial charge in [-0.1, -0.05) is 53.8 Å². The molecule has 5 heteroatoms. The molecule has 2 aromatic carbocycles. The predicted octanol–water partition coefficient (Wildman–Crippen LogP) is 5.47. The van der Waals surface area contributed by atoms with E-state index in [4.69, 9.17) is 4.98 Å². The van der Waals surface area contributed by atoms with E-state index in [1.807, 2.05) is 36.4 Å². The standard InChI is InChI=1S/C24H23N3OS/c1-17-11-13-21-23(18(17)2)26-24(29-21)27(16-20-10-6-7-15-25-20)22(28)14-12-19-8-4-3-5-9-19/h3-11,13,15H,12,14,16H2,1-2H3. The molecule has 0 aliphatic heterocycles. The SMILES string of the molecule is Cc1ccc2sc(N(Cc3ccccn3)C(=O)CCc3ccccc3)nc2c1C. The first-order valence-electron chi connectivity index (χ1n) is 9.73. The number of benzene rings is 2. The first-order chi connectivity index (χ1) is 14.1. The third-order valence-electron chi connectivity index (χ3n) is 5.12. The molecule has 0 saturated heterocycles. The second-order valence-corrected chi connectivity index (χ2v) is 8.15. The average molecular weight is 402 g/mol. The summed E-state index contributed by atoms with van der Waals surface area (Å²) in [6, 6.07) is 20.1. The predicted molar refractivity (Wildman–Crippen MR) is 119 cm³/mol. The molecule has 0 spiro atoms. The fourth-order valence-corrected chi connectivity index (χ4v) is 4.32. The molecule has 0 radical (unpaired) electrons. The zero-order valence-electron chi connectivity index (χ0n) is 16.6. The molecule has 0 atom stereocenters. The van der Waals surface area contributed by atoms with E-state index in [1.165, 1.54) is 11.1 Å². The number of carbonyl (C=O) groups excluding carboxylic acids is 1. The summed E-state index contributed by atoms with van der Waals surface area (Å²) < 4.78 is 1.10. The summed E-state index contributed by atoms with van der Waals surface area (Å²) in [5.74, 6) is 0.0629. The number of hydrogen-bond donors (Lipinski definition) is 0. The monoisotopic (exact) mass is 401 g/mol. The summed E-state index contributed by atoms with van der Waals surface area (Å²) in [5, 5.41) is 0.734. The van der Waals surface area contributed by atoms with Crippen LogP contribution >= 0.6 is 11.3 Å². The Bertz CT molecular complexity index is 1120. The zero-order chi connectivity index (χ0) is 20.2. The molecule has 4 rings (SSSR count). The van der Waals surface area contributed by atoms with Crippen LogP contribution in [0.25, 0.3) is 10.2 Å². The Hall–Kier alpha value is -3.05. The molecule has 29 heavy (non-hydrogen) atoms. The molecule has 0 aliphatic carbocycles. The van der Waals surface area contributed by atoms with E-state index in [1.54, 1.807) is 22.4 Å². The van der Waals surface area contributed by atoms with Crippen LogP contribution in [0.5, 0.6) is 0 Å².